The molecule has 54 valence electrons. The van der Waals surface area contributed by atoms with Crippen molar-refractivity contribution in [3.05, 3.63) is 0 Å². The zero-order valence-corrected chi connectivity index (χ0v) is 6.01. The summed E-state index contributed by atoms with van der Waals surface area (Å²) in [5.74, 6) is -0.0293. The minimum Gasteiger partial charge on any atom is -0.323 e. The van der Waals surface area contributed by atoms with Gasteiger partial charge < -0.3 is 15.5 Å². The van der Waals surface area contributed by atoms with Crippen LogP contribution in [0.1, 0.15) is 13.3 Å². The summed E-state index contributed by atoms with van der Waals surface area (Å²) in [5.41, 5.74) is 5.30. The summed E-state index contributed by atoms with van der Waals surface area (Å²) in [6.07, 6.45) is 0.442. The summed E-state index contributed by atoms with van der Waals surface area (Å²) in [6, 6.07) is 0. The molecule has 0 spiro atoms. The topological polar surface area (TPSA) is 83.6 Å². The molecule has 1 aliphatic rings. The summed E-state index contributed by atoms with van der Waals surface area (Å²) >= 11 is 0. The van der Waals surface area contributed by atoms with Gasteiger partial charge in [-0.05, 0) is 12.3 Å². The summed E-state index contributed by atoms with van der Waals surface area (Å²) < 4.78 is 10.5. The van der Waals surface area contributed by atoms with E-state index < -0.39 is 12.9 Å². The molecule has 0 aliphatic heterocycles. The molecule has 0 unspecified atom stereocenters. The third kappa shape index (κ3) is 0.923. The third-order valence-electron chi connectivity index (χ3n) is 1.87. The van der Waals surface area contributed by atoms with Crippen LogP contribution in [0.15, 0.2) is 0 Å². The molecule has 1 rings (SSSR count). The Balaban J connectivity index is 2.76. The van der Waals surface area contributed by atoms with Crippen LogP contribution in [-0.4, -0.2) is 15.1 Å². The van der Waals surface area contributed by atoms with E-state index in [-0.39, 0.29) is 5.92 Å². The Hall–Kier alpha value is 0.110. The first-order chi connectivity index (χ1) is 3.88. The maximum Gasteiger partial charge on any atom is 0.345 e. The second-order valence-corrected chi connectivity index (χ2v) is 4.56. The van der Waals surface area contributed by atoms with Gasteiger partial charge in [-0.15, -0.1) is 0 Å². The van der Waals surface area contributed by atoms with Crippen LogP contribution in [0.5, 0.6) is 0 Å². The first-order valence-corrected chi connectivity index (χ1v) is 4.34. The van der Waals surface area contributed by atoms with E-state index in [9.17, 15) is 4.57 Å². The van der Waals surface area contributed by atoms with Gasteiger partial charge >= 0.3 is 7.60 Å². The Labute approximate surface area is 53.2 Å². The lowest BCUT2D eigenvalue weighted by atomic mass is 10.5. The quantitative estimate of drug-likeness (QED) is 0.455. The van der Waals surface area contributed by atoms with Crippen LogP contribution >= 0.6 is 7.60 Å². The number of hydrogen-bond donors (Lipinski definition) is 3. The van der Waals surface area contributed by atoms with Crippen LogP contribution in [0.3, 0.4) is 0 Å². The smallest absolute Gasteiger partial charge is 0.323 e. The zero-order chi connectivity index (χ0) is 7.28. The highest BCUT2D eigenvalue weighted by Crippen LogP contribution is 2.64. The molecule has 2 atom stereocenters. The Morgan fingerprint density at radius 2 is 2.11 bits per heavy atom. The minimum atomic E-state index is -4.02. The van der Waals surface area contributed by atoms with Crippen molar-refractivity contribution in [2.45, 2.75) is 18.6 Å². The van der Waals surface area contributed by atoms with Crippen molar-refractivity contribution in [3.8, 4) is 0 Å². The monoisotopic (exact) mass is 151 g/mol. The molecule has 4 N–H and O–H groups in total. The van der Waals surface area contributed by atoms with Gasteiger partial charge in [-0.2, -0.15) is 0 Å². The molecule has 0 saturated heterocycles. The van der Waals surface area contributed by atoms with Crippen molar-refractivity contribution < 1.29 is 14.4 Å². The molecule has 0 aromatic rings. The van der Waals surface area contributed by atoms with E-state index in [0.29, 0.717) is 6.42 Å². The van der Waals surface area contributed by atoms with Crippen LogP contribution in [-0.2, 0) is 4.57 Å². The molecule has 0 bridgehead atoms. The lowest BCUT2D eigenvalue weighted by Gasteiger charge is -2.10. The fourth-order valence-corrected chi connectivity index (χ4v) is 1.92. The average molecular weight is 151 g/mol. The van der Waals surface area contributed by atoms with Gasteiger partial charge in [0.05, 0.1) is 0 Å². The van der Waals surface area contributed by atoms with Crippen molar-refractivity contribution in [2.75, 3.05) is 0 Å². The van der Waals surface area contributed by atoms with E-state index >= 15 is 0 Å². The molecule has 4 nitrogen and oxygen atoms in total. The minimum absolute atomic E-state index is 0.0293. The molecule has 1 aliphatic carbocycles. The van der Waals surface area contributed by atoms with Gasteiger partial charge in [0.15, 0.2) is 0 Å². The highest BCUT2D eigenvalue weighted by atomic mass is 31.2. The van der Waals surface area contributed by atoms with Crippen molar-refractivity contribution in [3.63, 3.8) is 0 Å². The van der Waals surface area contributed by atoms with Crippen LogP contribution in [0.25, 0.3) is 0 Å². The molecular weight excluding hydrogens is 141 g/mol. The van der Waals surface area contributed by atoms with Crippen LogP contribution in [0.4, 0.5) is 0 Å². The van der Waals surface area contributed by atoms with Crippen molar-refractivity contribution >= 4 is 7.60 Å². The molecule has 1 saturated carbocycles. The van der Waals surface area contributed by atoms with Gasteiger partial charge in [0.25, 0.3) is 0 Å². The van der Waals surface area contributed by atoms with Gasteiger partial charge in [-0.1, -0.05) is 6.92 Å². The zero-order valence-electron chi connectivity index (χ0n) is 5.11. The van der Waals surface area contributed by atoms with E-state index in [1.807, 2.05) is 0 Å². The maximum absolute atomic E-state index is 10.5. The normalized spacial score (nSPS) is 42.9. The number of hydrogen-bond acceptors (Lipinski definition) is 2. The molecule has 0 aromatic heterocycles. The third-order valence-corrected chi connectivity index (χ3v) is 3.58. The first-order valence-electron chi connectivity index (χ1n) is 2.72. The second kappa shape index (κ2) is 1.58. The summed E-state index contributed by atoms with van der Waals surface area (Å²) in [4.78, 5) is 17.1. The standard InChI is InChI=1S/C4H10NO3P/c1-3-2-4(3,5)9(6,7)8/h3H,2,5H2,1H3,(H2,6,7,8)/t3-,4-/m1/s1. The van der Waals surface area contributed by atoms with Crippen LogP contribution in [0.2, 0.25) is 0 Å². The Morgan fingerprint density at radius 3 is 2.11 bits per heavy atom. The average Bonchev–Trinajstić information content (AvgIpc) is 2.13. The van der Waals surface area contributed by atoms with E-state index in [0.717, 1.165) is 0 Å². The predicted molar refractivity (Wildman–Crippen MR) is 32.7 cm³/mol. The predicted octanol–water partition coefficient (Wildman–Crippen LogP) is -0.141. The van der Waals surface area contributed by atoms with Crippen molar-refractivity contribution in [1.82, 2.24) is 0 Å². The molecule has 9 heavy (non-hydrogen) atoms. The fraction of sp³-hybridized carbons (Fsp3) is 1.00. The van der Waals surface area contributed by atoms with E-state index in [2.05, 4.69) is 0 Å². The highest BCUT2D eigenvalue weighted by Gasteiger charge is 2.60. The highest BCUT2D eigenvalue weighted by molar-refractivity contribution is 7.54. The summed E-state index contributed by atoms with van der Waals surface area (Å²) in [7, 11) is -4.02. The molecule has 5 heteroatoms. The van der Waals surface area contributed by atoms with Gasteiger partial charge in [0.1, 0.15) is 5.28 Å². The van der Waals surface area contributed by atoms with E-state index in [1.54, 1.807) is 6.92 Å². The first kappa shape index (κ1) is 7.22. The molecule has 0 aromatic carbocycles. The summed E-state index contributed by atoms with van der Waals surface area (Å²) in [5, 5.41) is -1.19. The Kier molecular flexibility index (Phi) is 1.27. The number of rotatable bonds is 1. The lowest BCUT2D eigenvalue weighted by molar-refractivity contribution is 0.351. The maximum atomic E-state index is 10.5. The van der Waals surface area contributed by atoms with Crippen molar-refractivity contribution in [2.24, 2.45) is 11.7 Å². The lowest BCUT2D eigenvalue weighted by Crippen LogP contribution is -2.23. The molecule has 0 heterocycles. The number of nitrogens with two attached hydrogens (primary N) is 1. The Bertz CT molecular complexity index is 177. The second-order valence-electron chi connectivity index (χ2n) is 2.64. The van der Waals surface area contributed by atoms with Gasteiger partial charge in [0.2, 0.25) is 0 Å². The van der Waals surface area contributed by atoms with Crippen LogP contribution < -0.4 is 5.73 Å². The molecule has 1 fully saturated rings. The van der Waals surface area contributed by atoms with Crippen molar-refractivity contribution in [1.29, 1.82) is 0 Å². The van der Waals surface area contributed by atoms with Gasteiger partial charge in [-0.3, -0.25) is 4.57 Å². The van der Waals surface area contributed by atoms with E-state index in [4.69, 9.17) is 15.5 Å². The van der Waals surface area contributed by atoms with Gasteiger partial charge in [0, 0.05) is 0 Å². The Morgan fingerprint density at radius 1 is 1.78 bits per heavy atom. The fourth-order valence-electron chi connectivity index (χ4n) is 0.838. The van der Waals surface area contributed by atoms with Gasteiger partial charge in [-0.25, -0.2) is 0 Å². The molecule has 0 amide bonds. The SMILES string of the molecule is C[C@@H]1C[C@@]1(N)P(=O)(O)O. The largest absolute Gasteiger partial charge is 0.345 e. The van der Waals surface area contributed by atoms with Crippen LogP contribution in [0, 0.1) is 5.92 Å². The molecule has 0 radical (unpaired) electrons. The van der Waals surface area contributed by atoms with E-state index in [1.165, 1.54) is 0 Å². The summed E-state index contributed by atoms with van der Waals surface area (Å²) in [6.45, 7) is 1.74. The molecular formula is C4H10NO3P.